The first kappa shape index (κ1) is 11.2. The van der Waals surface area contributed by atoms with E-state index in [9.17, 15) is 0 Å². The molecule has 0 aliphatic carbocycles. The fourth-order valence-electron chi connectivity index (χ4n) is 1.44. The number of hydrogen-bond acceptors (Lipinski definition) is 5. The van der Waals surface area contributed by atoms with Gasteiger partial charge in [0.2, 0.25) is 0 Å². The molecule has 2 rings (SSSR count). The van der Waals surface area contributed by atoms with Gasteiger partial charge in [-0.05, 0) is 12.1 Å². The zero-order chi connectivity index (χ0) is 11.4. The van der Waals surface area contributed by atoms with Crippen LogP contribution in [0.1, 0.15) is 6.42 Å². The van der Waals surface area contributed by atoms with Crippen LogP contribution >= 0.6 is 11.3 Å². The van der Waals surface area contributed by atoms with E-state index in [0.717, 1.165) is 16.6 Å². The predicted octanol–water partition coefficient (Wildman–Crippen LogP) is 2.29. The standard InChI is InChI=1S/C11H14N2O2S/c1-14-5-2-6-15-8-3-4-9-11(10(8)12)13-7-16-9/h3-4,7H,2,5-6,12H2,1H3. The molecule has 0 fully saturated rings. The molecular weight excluding hydrogens is 224 g/mol. The minimum Gasteiger partial charge on any atom is -0.491 e. The van der Waals surface area contributed by atoms with Crippen LogP contribution < -0.4 is 10.5 Å². The topological polar surface area (TPSA) is 57.4 Å². The molecule has 1 aromatic heterocycles. The Morgan fingerprint density at radius 3 is 3.06 bits per heavy atom. The van der Waals surface area contributed by atoms with Crippen LogP contribution in [0.25, 0.3) is 10.2 Å². The summed E-state index contributed by atoms with van der Waals surface area (Å²) in [5, 5.41) is 0. The molecule has 0 radical (unpaired) electrons. The number of fused-ring (bicyclic) bond motifs is 1. The third-order valence-electron chi connectivity index (χ3n) is 2.25. The largest absolute Gasteiger partial charge is 0.491 e. The lowest BCUT2D eigenvalue weighted by Crippen LogP contribution is -2.03. The van der Waals surface area contributed by atoms with Gasteiger partial charge in [-0.25, -0.2) is 4.98 Å². The molecule has 0 aliphatic heterocycles. The van der Waals surface area contributed by atoms with Crippen LogP contribution in [0.3, 0.4) is 0 Å². The van der Waals surface area contributed by atoms with E-state index < -0.39 is 0 Å². The number of methoxy groups -OCH3 is 1. The quantitative estimate of drug-likeness (QED) is 0.641. The minimum absolute atomic E-state index is 0.605. The van der Waals surface area contributed by atoms with Crippen LogP contribution in [-0.2, 0) is 4.74 Å². The highest BCUT2D eigenvalue weighted by molar-refractivity contribution is 7.16. The van der Waals surface area contributed by atoms with Gasteiger partial charge in [-0.3, -0.25) is 0 Å². The van der Waals surface area contributed by atoms with Crippen molar-refractivity contribution in [2.75, 3.05) is 26.1 Å². The lowest BCUT2D eigenvalue weighted by Gasteiger charge is -2.08. The second-order valence-electron chi connectivity index (χ2n) is 3.37. The molecule has 0 saturated carbocycles. The van der Waals surface area contributed by atoms with Crippen molar-refractivity contribution in [1.82, 2.24) is 4.98 Å². The number of nitrogen functional groups attached to an aromatic ring is 1. The molecule has 0 spiro atoms. The maximum atomic E-state index is 5.97. The summed E-state index contributed by atoms with van der Waals surface area (Å²) in [6.07, 6.45) is 0.852. The Labute approximate surface area is 98.0 Å². The predicted molar refractivity (Wildman–Crippen MR) is 66.0 cm³/mol. The average Bonchev–Trinajstić information content (AvgIpc) is 2.76. The highest BCUT2D eigenvalue weighted by atomic mass is 32.1. The summed E-state index contributed by atoms with van der Waals surface area (Å²) >= 11 is 1.58. The molecule has 0 bridgehead atoms. The van der Waals surface area contributed by atoms with E-state index in [2.05, 4.69) is 4.98 Å². The highest BCUT2D eigenvalue weighted by Crippen LogP contribution is 2.31. The van der Waals surface area contributed by atoms with E-state index in [1.807, 2.05) is 12.1 Å². The van der Waals surface area contributed by atoms with Gasteiger partial charge >= 0.3 is 0 Å². The van der Waals surface area contributed by atoms with Crippen molar-refractivity contribution in [1.29, 1.82) is 0 Å². The SMILES string of the molecule is COCCCOc1ccc2scnc2c1N. The Hall–Kier alpha value is -1.33. The molecule has 16 heavy (non-hydrogen) atoms. The molecule has 4 nitrogen and oxygen atoms in total. The third kappa shape index (κ3) is 2.25. The Morgan fingerprint density at radius 2 is 2.25 bits per heavy atom. The Morgan fingerprint density at radius 1 is 1.38 bits per heavy atom. The number of aromatic nitrogens is 1. The molecule has 2 N–H and O–H groups in total. The van der Waals surface area contributed by atoms with Gasteiger partial charge in [0.1, 0.15) is 17.0 Å². The van der Waals surface area contributed by atoms with Crippen molar-refractivity contribution >= 4 is 27.2 Å². The fraction of sp³-hybridized carbons (Fsp3) is 0.364. The fourth-order valence-corrected chi connectivity index (χ4v) is 2.14. The van der Waals surface area contributed by atoms with Crippen molar-refractivity contribution in [3.05, 3.63) is 17.6 Å². The summed E-state index contributed by atoms with van der Waals surface area (Å²) in [6, 6.07) is 3.87. The molecule has 86 valence electrons. The number of nitrogens with two attached hydrogens (primary N) is 1. The molecule has 5 heteroatoms. The van der Waals surface area contributed by atoms with E-state index in [-0.39, 0.29) is 0 Å². The molecule has 0 aliphatic rings. The minimum atomic E-state index is 0.605. The van der Waals surface area contributed by atoms with Crippen LogP contribution in [0.5, 0.6) is 5.75 Å². The van der Waals surface area contributed by atoms with Gasteiger partial charge in [0.15, 0.2) is 0 Å². The molecule has 0 unspecified atom stereocenters. The number of hydrogen-bond donors (Lipinski definition) is 1. The summed E-state index contributed by atoms with van der Waals surface area (Å²) in [5.74, 6) is 0.703. The molecule has 1 aromatic carbocycles. The maximum absolute atomic E-state index is 5.97. The van der Waals surface area contributed by atoms with Gasteiger partial charge in [0.25, 0.3) is 0 Å². The van der Waals surface area contributed by atoms with Crippen molar-refractivity contribution in [2.24, 2.45) is 0 Å². The molecule has 2 aromatic rings. The zero-order valence-corrected chi connectivity index (χ0v) is 9.92. The molecule has 1 heterocycles. The number of nitrogens with zero attached hydrogens (tertiary/aromatic N) is 1. The van der Waals surface area contributed by atoms with E-state index in [1.54, 1.807) is 24.0 Å². The lowest BCUT2D eigenvalue weighted by molar-refractivity contribution is 0.172. The van der Waals surface area contributed by atoms with Crippen LogP contribution in [0.4, 0.5) is 5.69 Å². The molecule has 0 saturated heterocycles. The van der Waals surface area contributed by atoms with Crippen molar-refractivity contribution in [3.8, 4) is 5.75 Å². The van der Waals surface area contributed by atoms with E-state index in [1.165, 1.54) is 0 Å². The number of benzene rings is 1. The summed E-state index contributed by atoms with van der Waals surface area (Å²) in [4.78, 5) is 4.21. The number of ether oxygens (including phenoxy) is 2. The van der Waals surface area contributed by atoms with Gasteiger partial charge < -0.3 is 15.2 Å². The van der Waals surface area contributed by atoms with E-state index in [4.69, 9.17) is 15.2 Å². The van der Waals surface area contributed by atoms with Crippen molar-refractivity contribution in [3.63, 3.8) is 0 Å². The number of rotatable bonds is 5. The van der Waals surface area contributed by atoms with E-state index in [0.29, 0.717) is 24.7 Å². The lowest BCUT2D eigenvalue weighted by atomic mass is 10.2. The van der Waals surface area contributed by atoms with Crippen LogP contribution in [0, 0.1) is 0 Å². The Kier molecular flexibility index (Phi) is 3.58. The molecule has 0 atom stereocenters. The van der Waals surface area contributed by atoms with Crippen LogP contribution in [-0.4, -0.2) is 25.3 Å². The summed E-state index contributed by atoms with van der Waals surface area (Å²) < 4.78 is 11.6. The Balaban J connectivity index is 2.09. The first-order valence-corrected chi connectivity index (χ1v) is 5.94. The highest BCUT2D eigenvalue weighted by Gasteiger charge is 2.07. The average molecular weight is 238 g/mol. The summed E-state index contributed by atoms with van der Waals surface area (Å²) in [5.41, 5.74) is 9.20. The maximum Gasteiger partial charge on any atom is 0.144 e. The van der Waals surface area contributed by atoms with Crippen LogP contribution in [0.2, 0.25) is 0 Å². The van der Waals surface area contributed by atoms with Crippen molar-refractivity contribution in [2.45, 2.75) is 6.42 Å². The smallest absolute Gasteiger partial charge is 0.144 e. The molecular formula is C11H14N2O2S. The van der Waals surface area contributed by atoms with Gasteiger partial charge in [-0.15, -0.1) is 11.3 Å². The van der Waals surface area contributed by atoms with Gasteiger partial charge in [0.05, 0.1) is 16.8 Å². The monoisotopic (exact) mass is 238 g/mol. The normalized spacial score (nSPS) is 10.8. The van der Waals surface area contributed by atoms with Gasteiger partial charge in [-0.2, -0.15) is 0 Å². The number of thiazole rings is 1. The summed E-state index contributed by atoms with van der Waals surface area (Å²) in [6.45, 7) is 1.30. The van der Waals surface area contributed by atoms with Crippen molar-refractivity contribution < 1.29 is 9.47 Å². The second kappa shape index (κ2) is 5.14. The van der Waals surface area contributed by atoms with Gasteiger partial charge in [0, 0.05) is 20.1 Å². The second-order valence-corrected chi connectivity index (χ2v) is 4.26. The summed E-state index contributed by atoms with van der Waals surface area (Å²) in [7, 11) is 1.68. The number of anilines is 1. The van der Waals surface area contributed by atoms with Gasteiger partial charge in [-0.1, -0.05) is 0 Å². The third-order valence-corrected chi connectivity index (χ3v) is 3.05. The van der Waals surface area contributed by atoms with Crippen LogP contribution in [0.15, 0.2) is 17.6 Å². The first-order chi connectivity index (χ1) is 7.83. The first-order valence-electron chi connectivity index (χ1n) is 5.06. The molecule has 0 amide bonds. The zero-order valence-electron chi connectivity index (χ0n) is 9.10. The Bertz CT molecular complexity index is 470. The van der Waals surface area contributed by atoms with E-state index >= 15 is 0 Å².